The van der Waals surface area contributed by atoms with Crippen molar-refractivity contribution in [2.24, 2.45) is 10.9 Å². The molecule has 1 atom stereocenters. The van der Waals surface area contributed by atoms with Crippen LogP contribution in [0.3, 0.4) is 0 Å². The maximum atomic E-state index is 13.6. The van der Waals surface area contributed by atoms with Crippen LogP contribution in [0.25, 0.3) is 0 Å². The fourth-order valence-electron chi connectivity index (χ4n) is 2.27. The molecule has 1 unspecified atom stereocenters. The van der Waals surface area contributed by atoms with E-state index in [2.05, 4.69) is 4.99 Å². The molecule has 5 heteroatoms. The first-order valence-electron chi connectivity index (χ1n) is 6.11. The van der Waals surface area contributed by atoms with Gasteiger partial charge in [0, 0.05) is 40.5 Å². The van der Waals surface area contributed by atoms with Crippen molar-refractivity contribution < 1.29 is 8.78 Å². The molecule has 3 nitrogen and oxygen atoms in total. The molecule has 1 rings (SSSR count). The van der Waals surface area contributed by atoms with E-state index in [9.17, 15) is 8.78 Å². The number of alkyl halides is 2. The molecule has 0 aromatic heterocycles. The lowest BCUT2D eigenvalue weighted by Crippen LogP contribution is -2.38. The van der Waals surface area contributed by atoms with Gasteiger partial charge in [0.1, 0.15) is 0 Å². The summed E-state index contributed by atoms with van der Waals surface area (Å²) in [6.45, 7) is 0.221. The zero-order valence-corrected chi connectivity index (χ0v) is 11.2. The Morgan fingerprint density at radius 2 is 1.76 bits per heavy atom. The number of hydrogen-bond donors (Lipinski definition) is 0. The van der Waals surface area contributed by atoms with E-state index in [4.69, 9.17) is 0 Å². The van der Waals surface area contributed by atoms with Gasteiger partial charge in [-0.1, -0.05) is 6.42 Å². The monoisotopic (exact) mass is 247 g/mol. The molecule has 0 saturated heterocycles. The van der Waals surface area contributed by atoms with Crippen LogP contribution in [0.2, 0.25) is 0 Å². The van der Waals surface area contributed by atoms with Gasteiger partial charge in [-0.2, -0.15) is 0 Å². The Balaban J connectivity index is 2.66. The molecule has 1 aliphatic rings. The third-order valence-electron chi connectivity index (χ3n) is 3.16. The Bertz CT molecular complexity index is 265. The van der Waals surface area contributed by atoms with Crippen molar-refractivity contribution in [3.63, 3.8) is 0 Å². The van der Waals surface area contributed by atoms with Crippen LogP contribution in [0.1, 0.15) is 25.7 Å². The highest BCUT2D eigenvalue weighted by Gasteiger charge is 2.41. The van der Waals surface area contributed by atoms with Crippen LogP contribution in [0, 0.1) is 5.92 Å². The second-order valence-corrected chi connectivity index (χ2v) is 5.13. The predicted octanol–water partition coefficient (Wildman–Crippen LogP) is 2.29. The fraction of sp³-hybridized carbons (Fsp3) is 0.917. The SMILES string of the molecule is CN(C)C(=NCC1CCCCC1(F)F)N(C)C. The van der Waals surface area contributed by atoms with Crippen LogP contribution in [-0.4, -0.2) is 56.4 Å². The van der Waals surface area contributed by atoms with Crippen LogP contribution >= 0.6 is 0 Å². The number of aliphatic imine (C=N–C) groups is 1. The van der Waals surface area contributed by atoms with Crippen molar-refractivity contribution in [3.8, 4) is 0 Å². The molecule has 0 spiro atoms. The summed E-state index contributed by atoms with van der Waals surface area (Å²) in [5, 5.41) is 0. The van der Waals surface area contributed by atoms with Crippen molar-refractivity contribution in [2.75, 3.05) is 34.7 Å². The van der Waals surface area contributed by atoms with Crippen molar-refractivity contribution in [3.05, 3.63) is 0 Å². The second-order valence-electron chi connectivity index (χ2n) is 5.13. The van der Waals surface area contributed by atoms with Crippen molar-refractivity contribution >= 4 is 5.96 Å². The number of guanidine groups is 1. The Morgan fingerprint density at radius 3 is 2.24 bits per heavy atom. The van der Waals surface area contributed by atoms with Crippen LogP contribution in [0.15, 0.2) is 4.99 Å². The zero-order chi connectivity index (χ0) is 13.1. The summed E-state index contributed by atoms with van der Waals surface area (Å²) in [6, 6.07) is 0. The highest BCUT2D eigenvalue weighted by Crippen LogP contribution is 2.38. The van der Waals surface area contributed by atoms with Crippen LogP contribution < -0.4 is 0 Å². The quantitative estimate of drug-likeness (QED) is 0.551. The minimum atomic E-state index is -2.54. The van der Waals surface area contributed by atoms with Crippen LogP contribution in [0.5, 0.6) is 0 Å². The second kappa shape index (κ2) is 5.65. The van der Waals surface area contributed by atoms with Gasteiger partial charge in [-0.05, 0) is 12.8 Å². The molecule has 0 N–H and O–H groups in total. The van der Waals surface area contributed by atoms with Crippen molar-refractivity contribution in [1.29, 1.82) is 0 Å². The summed E-state index contributed by atoms with van der Waals surface area (Å²) in [5.74, 6) is -2.39. The van der Waals surface area contributed by atoms with Gasteiger partial charge in [0.2, 0.25) is 0 Å². The van der Waals surface area contributed by atoms with Crippen molar-refractivity contribution in [2.45, 2.75) is 31.6 Å². The average molecular weight is 247 g/mol. The molecule has 100 valence electrons. The predicted molar refractivity (Wildman–Crippen MR) is 66.6 cm³/mol. The largest absolute Gasteiger partial charge is 0.349 e. The Labute approximate surface area is 102 Å². The summed E-state index contributed by atoms with van der Waals surface area (Å²) in [6.07, 6.45) is 2.15. The molecule has 0 bridgehead atoms. The topological polar surface area (TPSA) is 18.8 Å². The van der Waals surface area contributed by atoms with Gasteiger partial charge in [-0.25, -0.2) is 8.78 Å². The van der Waals surface area contributed by atoms with E-state index in [1.165, 1.54) is 0 Å². The number of halogens is 2. The normalized spacial score (nSPS) is 23.1. The van der Waals surface area contributed by atoms with E-state index in [-0.39, 0.29) is 13.0 Å². The molecule has 0 aliphatic heterocycles. The maximum absolute atomic E-state index is 13.6. The molecule has 0 amide bonds. The van der Waals surface area contributed by atoms with Crippen molar-refractivity contribution in [1.82, 2.24) is 9.80 Å². The van der Waals surface area contributed by atoms with Gasteiger partial charge in [-0.3, -0.25) is 4.99 Å². The van der Waals surface area contributed by atoms with E-state index < -0.39 is 11.8 Å². The first-order valence-corrected chi connectivity index (χ1v) is 6.11. The van der Waals surface area contributed by atoms with E-state index in [0.29, 0.717) is 12.8 Å². The fourth-order valence-corrected chi connectivity index (χ4v) is 2.27. The molecule has 0 heterocycles. The van der Waals surface area contributed by atoms with E-state index in [1.807, 2.05) is 38.0 Å². The molecule has 0 aromatic rings. The van der Waals surface area contributed by atoms with E-state index in [0.717, 1.165) is 12.4 Å². The first kappa shape index (κ1) is 14.2. The molecule has 17 heavy (non-hydrogen) atoms. The lowest BCUT2D eigenvalue weighted by Gasteiger charge is -2.31. The number of nitrogens with zero attached hydrogens (tertiary/aromatic N) is 3. The number of hydrogen-bond acceptors (Lipinski definition) is 1. The molecule has 0 radical (unpaired) electrons. The summed E-state index contributed by atoms with van der Waals surface area (Å²) >= 11 is 0. The highest BCUT2D eigenvalue weighted by atomic mass is 19.3. The smallest absolute Gasteiger partial charge is 0.252 e. The van der Waals surface area contributed by atoms with Gasteiger partial charge >= 0.3 is 0 Å². The standard InChI is InChI=1S/C12H23F2N3/c1-16(2)11(17(3)4)15-9-10-7-5-6-8-12(10,13)14/h10H,5-9H2,1-4H3. The molecule has 0 aromatic carbocycles. The molecule has 1 fully saturated rings. The van der Waals surface area contributed by atoms with Gasteiger partial charge < -0.3 is 9.80 Å². The number of rotatable bonds is 2. The third kappa shape index (κ3) is 3.82. The highest BCUT2D eigenvalue weighted by molar-refractivity contribution is 5.79. The third-order valence-corrected chi connectivity index (χ3v) is 3.16. The summed E-state index contributed by atoms with van der Waals surface area (Å²) in [5.41, 5.74) is 0. The Hall–Kier alpha value is -0.870. The summed E-state index contributed by atoms with van der Waals surface area (Å²) in [7, 11) is 7.49. The minimum absolute atomic E-state index is 0.0203. The summed E-state index contributed by atoms with van der Waals surface area (Å²) < 4.78 is 27.3. The molecular weight excluding hydrogens is 224 g/mol. The van der Waals surface area contributed by atoms with Gasteiger partial charge in [-0.15, -0.1) is 0 Å². The first-order chi connectivity index (χ1) is 7.84. The zero-order valence-electron chi connectivity index (χ0n) is 11.2. The Kier molecular flexibility index (Phi) is 4.71. The van der Waals surface area contributed by atoms with E-state index >= 15 is 0 Å². The maximum Gasteiger partial charge on any atom is 0.252 e. The van der Waals surface area contributed by atoms with Crippen LogP contribution in [-0.2, 0) is 0 Å². The van der Waals surface area contributed by atoms with E-state index in [1.54, 1.807) is 0 Å². The molecule has 1 aliphatic carbocycles. The van der Waals surface area contributed by atoms with Gasteiger partial charge in [0.05, 0.1) is 6.54 Å². The van der Waals surface area contributed by atoms with Gasteiger partial charge in [0.15, 0.2) is 5.96 Å². The lowest BCUT2D eigenvalue weighted by atomic mass is 9.86. The Morgan fingerprint density at radius 1 is 1.18 bits per heavy atom. The molecule has 1 saturated carbocycles. The lowest BCUT2D eigenvalue weighted by molar-refractivity contribution is -0.0815. The van der Waals surface area contributed by atoms with Crippen LogP contribution in [0.4, 0.5) is 8.78 Å². The molecular formula is C12H23F2N3. The minimum Gasteiger partial charge on any atom is -0.349 e. The summed E-state index contributed by atoms with van der Waals surface area (Å²) in [4.78, 5) is 8.03. The average Bonchev–Trinajstić information content (AvgIpc) is 2.19. The van der Waals surface area contributed by atoms with Gasteiger partial charge in [0.25, 0.3) is 5.92 Å².